The molecular weight excluding hydrogens is 358 g/mol. The van der Waals surface area contributed by atoms with E-state index in [2.05, 4.69) is 9.98 Å². The lowest BCUT2D eigenvalue weighted by atomic mass is 10.0. The van der Waals surface area contributed by atoms with E-state index < -0.39 is 0 Å². The van der Waals surface area contributed by atoms with E-state index in [4.69, 9.17) is 17.3 Å². The number of aliphatic imine (C=N–C) groups is 1. The van der Waals surface area contributed by atoms with Crippen molar-refractivity contribution in [3.05, 3.63) is 89.2 Å². The highest BCUT2D eigenvalue weighted by molar-refractivity contribution is 6.32. The Morgan fingerprint density at radius 3 is 2.30 bits per heavy atom. The van der Waals surface area contributed by atoms with Gasteiger partial charge < -0.3 is 10.8 Å². The minimum atomic E-state index is -0.00712. The maximum Gasteiger partial charge on any atom is 0.134 e. The fourth-order valence-corrected chi connectivity index (χ4v) is 2.44. The van der Waals surface area contributed by atoms with Gasteiger partial charge in [0.05, 0.1) is 10.7 Å². The molecular formula is C22H22ClN3O. The predicted octanol–water partition coefficient (Wildman–Crippen LogP) is 5.70. The number of rotatable bonds is 4. The fourth-order valence-electron chi connectivity index (χ4n) is 2.32. The van der Waals surface area contributed by atoms with Crippen LogP contribution in [0, 0.1) is 0 Å². The minimum absolute atomic E-state index is 0.00712. The van der Waals surface area contributed by atoms with E-state index in [0.717, 1.165) is 16.8 Å². The molecule has 1 heterocycles. The molecule has 0 amide bonds. The average Bonchev–Trinajstić information content (AvgIpc) is 2.73. The smallest absolute Gasteiger partial charge is 0.134 e. The number of hydrogen-bond acceptors (Lipinski definition) is 4. The molecule has 4 nitrogen and oxygen atoms in total. The van der Waals surface area contributed by atoms with Crippen LogP contribution in [-0.4, -0.2) is 16.3 Å². The molecule has 5 heteroatoms. The van der Waals surface area contributed by atoms with Crippen molar-refractivity contribution in [2.75, 3.05) is 0 Å². The molecule has 0 fully saturated rings. The SMILES string of the molecule is CC.N/C(=C(\C=Nc1ccccc1)c1ccc(Cl)c(O)c1)c1ccncc1. The molecule has 2 aromatic carbocycles. The van der Waals surface area contributed by atoms with E-state index >= 15 is 0 Å². The molecule has 0 saturated heterocycles. The number of hydrogen-bond donors (Lipinski definition) is 2. The van der Waals surface area contributed by atoms with Crippen molar-refractivity contribution in [1.82, 2.24) is 4.98 Å². The number of nitrogens with two attached hydrogens (primary N) is 1. The summed E-state index contributed by atoms with van der Waals surface area (Å²) in [6, 6.07) is 18.2. The summed E-state index contributed by atoms with van der Waals surface area (Å²) in [6.07, 6.45) is 5.04. The van der Waals surface area contributed by atoms with Crippen molar-refractivity contribution in [3.63, 3.8) is 0 Å². The van der Waals surface area contributed by atoms with Crippen LogP contribution >= 0.6 is 11.6 Å². The third-order valence-corrected chi connectivity index (χ3v) is 3.96. The summed E-state index contributed by atoms with van der Waals surface area (Å²) in [5.74, 6) is -0.00712. The first kappa shape index (κ1) is 20.2. The van der Waals surface area contributed by atoms with Gasteiger partial charge in [0.25, 0.3) is 0 Å². The number of benzene rings is 2. The van der Waals surface area contributed by atoms with Gasteiger partial charge in [-0.25, -0.2) is 0 Å². The summed E-state index contributed by atoms with van der Waals surface area (Å²) in [4.78, 5) is 8.50. The van der Waals surface area contributed by atoms with Crippen molar-refractivity contribution in [2.45, 2.75) is 13.8 Å². The molecule has 0 aliphatic heterocycles. The van der Waals surface area contributed by atoms with Gasteiger partial charge in [0.1, 0.15) is 5.75 Å². The van der Waals surface area contributed by atoms with Crippen LogP contribution in [0.25, 0.3) is 11.3 Å². The van der Waals surface area contributed by atoms with Crippen molar-refractivity contribution in [1.29, 1.82) is 0 Å². The van der Waals surface area contributed by atoms with Gasteiger partial charge in [-0.15, -0.1) is 0 Å². The topological polar surface area (TPSA) is 71.5 Å². The van der Waals surface area contributed by atoms with E-state index in [-0.39, 0.29) is 10.8 Å². The molecule has 0 bridgehead atoms. The Labute approximate surface area is 164 Å². The zero-order valence-electron chi connectivity index (χ0n) is 15.3. The van der Waals surface area contributed by atoms with Crippen LogP contribution in [0.3, 0.4) is 0 Å². The maximum absolute atomic E-state index is 9.94. The molecule has 0 spiro atoms. The molecule has 0 aliphatic carbocycles. The lowest BCUT2D eigenvalue weighted by molar-refractivity contribution is 0.475. The highest BCUT2D eigenvalue weighted by Gasteiger charge is 2.09. The third kappa shape index (κ3) is 5.43. The van der Waals surface area contributed by atoms with Gasteiger partial charge in [-0.1, -0.05) is 49.7 Å². The Bertz CT molecular complexity index is 923. The highest BCUT2D eigenvalue weighted by Crippen LogP contribution is 2.29. The van der Waals surface area contributed by atoms with Gasteiger partial charge in [0.15, 0.2) is 0 Å². The number of pyridine rings is 1. The van der Waals surface area contributed by atoms with Crippen molar-refractivity contribution >= 4 is 34.8 Å². The van der Waals surface area contributed by atoms with Gasteiger partial charge in [-0.05, 0) is 42.0 Å². The number of allylic oxidation sites excluding steroid dienone is 1. The van der Waals surface area contributed by atoms with Crippen LogP contribution < -0.4 is 5.73 Å². The number of aromatic hydroxyl groups is 1. The molecule has 27 heavy (non-hydrogen) atoms. The summed E-state index contributed by atoms with van der Waals surface area (Å²) >= 11 is 5.92. The number of nitrogens with zero attached hydrogens (tertiary/aromatic N) is 2. The zero-order chi connectivity index (χ0) is 19.6. The van der Waals surface area contributed by atoms with E-state index in [1.54, 1.807) is 36.8 Å². The molecule has 138 valence electrons. The van der Waals surface area contributed by atoms with Gasteiger partial charge in [-0.2, -0.15) is 0 Å². The van der Waals surface area contributed by atoms with Crippen molar-refractivity contribution in [3.8, 4) is 5.75 Å². The second-order valence-corrected chi connectivity index (χ2v) is 5.73. The number of phenolic OH excluding ortho intramolecular Hbond substituents is 1. The lowest BCUT2D eigenvalue weighted by Crippen LogP contribution is -2.03. The lowest BCUT2D eigenvalue weighted by Gasteiger charge is -2.10. The highest BCUT2D eigenvalue weighted by atomic mass is 35.5. The summed E-state index contributed by atoms with van der Waals surface area (Å²) < 4.78 is 0. The van der Waals surface area contributed by atoms with Crippen molar-refractivity contribution in [2.24, 2.45) is 10.7 Å². The fraction of sp³-hybridized carbons (Fsp3) is 0.0909. The summed E-state index contributed by atoms with van der Waals surface area (Å²) in [7, 11) is 0. The quantitative estimate of drug-likeness (QED) is 0.571. The molecule has 0 atom stereocenters. The Balaban J connectivity index is 0.00000126. The zero-order valence-corrected chi connectivity index (χ0v) is 16.1. The van der Waals surface area contributed by atoms with Gasteiger partial charge in [-0.3, -0.25) is 9.98 Å². The van der Waals surface area contributed by atoms with Gasteiger partial charge in [0.2, 0.25) is 0 Å². The molecule has 1 aromatic heterocycles. The Hall–Kier alpha value is -3.11. The van der Waals surface area contributed by atoms with E-state index in [0.29, 0.717) is 11.3 Å². The standard InChI is InChI=1S/C20H16ClN3O.C2H6/c21-18-7-6-15(12-19(18)25)17(13-24-16-4-2-1-3-5-16)20(22)14-8-10-23-11-9-14;1-2/h1-13,25H,22H2;1-2H3/b20-17+,24-13?;. The normalized spacial score (nSPS) is 11.5. The predicted molar refractivity (Wildman–Crippen MR) is 114 cm³/mol. The minimum Gasteiger partial charge on any atom is -0.506 e. The van der Waals surface area contributed by atoms with Crippen LogP contribution in [0.1, 0.15) is 25.0 Å². The average molecular weight is 380 g/mol. The number of para-hydroxylation sites is 1. The monoisotopic (exact) mass is 379 g/mol. The van der Waals surface area contributed by atoms with Crippen LogP contribution in [0.5, 0.6) is 5.75 Å². The summed E-state index contributed by atoms with van der Waals surface area (Å²) in [5.41, 5.74) is 9.93. The molecule has 3 N–H and O–H groups in total. The molecule has 0 aliphatic rings. The third-order valence-electron chi connectivity index (χ3n) is 3.64. The maximum atomic E-state index is 9.94. The summed E-state index contributed by atoms with van der Waals surface area (Å²) in [5, 5.41) is 10.2. The van der Waals surface area contributed by atoms with Crippen LogP contribution in [0.15, 0.2) is 78.0 Å². The number of phenols is 1. The Morgan fingerprint density at radius 1 is 1.00 bits per heavy atom. The largest absolute Gasteiger partial charge is 0.506 e. The Kier molecular flexibility index (Phi) is 7.59. The molecule has 3 rings (SSSR count). The second-order valence-electron chi connectivity index (χ2n) is 5.32. The number of halogens is 1. The van der Waals surface area contributed by atoms with Crippen LogP contribution in [0.4, 0.5) is 5.69 Å². The van der Waals surface area contributed by atoms with Crippen LogP contribution in [0.2, 0.25) is 5.02 Å². The number of aromatic nitrogens is 1. The molecule has 0 saturated carbocycles. The van der Waals surface area contributed by atoms with E-state index in [9.17, 15) is 5.11 Å². The second kappa shape index (κ2) is 10.1. The van der Waals surface area contributed by atoms with Gasteiger partial charge in [0, 0.05) is 35.4 Å². The first-order chi connectivity index (χ1) is 13.1. The first-order valence-electron chi connectivity index (χ1n) is 8.63. The molecule has 0 unspecified atom stereocenters. The van der Waals surface area contributed by atoms with E-state index in [1.807, 2.05) is 56.3 Å². The van der Waals surface area contributed by atoms with Crippen molar-refractivity contribution < 1.29 is 5.11 Å². The molecule has 3 aromatic rings. The first-order valence-corrected chi connectivity index (χ1v) is 9.01. The Morgan fingerprint density at radius 2 is 1.67 bits per heavy atom. The van der Waals surface area contributed by atoms with Crippen LogP contribution in [-0.2, 0) is 0 Å². The van der Waals surface area contributed by atoms with Gasteiger partial charge >= 0.3 is 0 Å². The van der Waals surface area contributed by atoms with E-state index in [1.165, 1.54) is 0 Å². The summed E-state index contributed by atoms with van der Waals surface area (Å²) in [6.45, 7) is 4.00. The molecule has 0 radical (unpaired) electrons.